The van der Waals surface area contributed by atoms with Gasteiger partial charge in [0.2, 0.25) is 0 Å². The number of carbonyl (C=O) groups is 1. The maximum atomic E-state index is 13.6. The lowest BCUT2D eigenvalue weighted by Crippen LogP contribution is -2.37. The third kappa shape index (κ3) is 4.44. The first-order valence-electron chi connectivity index (χ1n) is 10.6. The summed E-state index contributed by atoms with van der Waals surface area (Å²) in [6, 6.07) is 13.5. The van der Waals surface area contributed by atoms with Crippen LogP contribution in [0.15, 0.2) is 47.8 Å². The highest BCUT2D eigenvalue weighted by atomic mass is 32.1. The lowest BCUT2D eigenvalue weighted by molar-refractivity contribution is 0.0914. The highest BCUT2D eigenvalue weighted by Gasteiger charge is 2.28. The summed E-state index contributed by atoms with van der Waals surface area (Å²) in [7, 11) is 3.20. The van der Waals surface area contributed by atoms with Gasteiger partial charge in [0, 0.05) is 17.6 Å². The summed E-state index contributed by atoms with van der Waals surface area (Å²) < 4.78 is 17.6. The molecule has 1 atom stereocenters. The molecule has 3 heterocycles. The van der Waals surface area contributed by atoms with Gasteiger partial charge in [0.25, 0.3) is 5.91 Å². The van der Waals surface area contributed by atoms with Gasteiger partial charge in [-0.25, -0.2) is 9.97 Å². The SMILES string of the molecule is COc1ccc(-c2nc(C(=O)N(CC3CCCO3)c3nc4ccccc4s3)cs2)cc1OC. The number of rotatable bonds is 7. The van der Waals surface area contributed by atoms with Crippen molar-refractivity contribution >= 4 is 43.9 Å². The molecule has 1 amide bonds. The van der Waals surface area contributed by atoms with E-state index in [0.717, 1.165) is 40.2 Å². The minimum atomic E-state index is -0.174. The normalized spacial score (nSPS) is 15.6. The highest BCUT2D eigenvalue weighted by Crippen LogP contribution is 2.35. The topological polar surface area (TPSA) is 73.8 Å². The molecule has 1 aliphatic heterocycles. The van der Waals surface area contributed by atoms with E-state index in [1.54, 1.807) is 24.5 Å². The Balaban J connectivity index is 1.46. The van der Waals surface area contributed by atoms with Gasteiger partial charge in [-0.1, -0.05) is 23.5 Å². The zero-order valence-electron chi connectivity index (χ0n) is 18.3. The van der Waals surface area contributed by atoms with Crippen LogP contribution in [0.4, 0.5) is 5.13 Å². The first kappa shape index (κ1) is 21.8. The predicted molar refractivity (Wildman–Crippen MR) is 131 cm³/mol. The molecule has 1 unspecified atom stereocenters. The van der Waals surface area contributed by atoms with Crippen molar-refractivity contribution in [3.63, 3.8) is 0 Å². The molecule has 1 fully saturated rings. The van der Waals surface area contributed by atoms with E-state index in [2.05, 4.69) is 4.98 Å². The van der Waals surface area contributed by atoms with Gasteiger partial charge in [-0.2, -0.15) is 0 Å². The lowest BCUT2D eigenvalue weighted by atomic mass is 10.2. The van der Waals surface area contributed by atoms with E-state index in [1.165, 1.54) is 22.7 Å². The largest absolute Gasteiger partial charge is 0.493 e. The summed E-state index contributed by atoms with van der Waals surface area (Å²) in [6.07, 6.45) is 1.94. The van der Waals surface area contributed by atoms with Gasteiger partial charge in [0.15, 0.2) is 16.6 Å². The van der Waals surface area contributed by atoms with Gasteiger partial charge < -0.3 is 14.2 Å². The number of carbonyl (C=O) groups excluding carboxylic acids is 1. The monoisotopic (exact) mass is 481 g/mol. The number of para-hydroxylation sites is 1. The van der Waals surface area contributed by atoms with E-state index in [-0.39, 0.29) is 12.0 Å². The number of hydrogen-bond donors (Lipinski definition) is 0. The molecule has 2 aromatic carbocycles. The fraction of sp³-hybridized carbons (Fsp3) is 0.292. The molecule has 2 aromatic heterocycles. The molecule has 33 heavy (non-hydrogen) atoms. The molecule has 9 heteroatoms. The Morgan fingerprint density at radius 2 is 2.00 bits per heavy atom. The number of anilines is 1. The number of aromatic nitrogens is 2. The molecule has 1 aliphatic rings. The molecule has 5 rings (SSSR count). The fourth-order valence-electron chi connectivity index (χ4n) is 3.83. The number of fused-ring (bicyclic) bond motifs is 1. The van der Waals surface area contributed by atoms with Crippen molar-refractivity contribution in [2.24, 2.45) is 0 Å². The smallest absolute Gasteiger partial charge is 0.279 e. The summed E-state index contributed by atoms with van der Waals surface area (Å²) in [5.74, 6) is 1.09. The van der Waals surface area contributed by atoms with Crippen LogP contribution in [-0.4, -0.2) is 49.4 Å². The van der Waals surface area contributed by atoms with E-state index < -0.39 is 0 Å². The maximum absolute atomic E-state index is 13.6. The van der Waals surface area contributed by atoms with Crippen LogP contribution in [0.3, 0.4) is 0 Å². The van der Waals surface area contributed by atoms with Gasteiger partial charge in [-0.15, -0.1) is 11.3 Å². The number of benzene rings is 2. The second-order valence-corrected chi connectivity index (χ2v) is 9.49. The molecule has 0 radical (unpaired) electrons. The molecule has 0 saturated carbocycles. The summed E-state index contributed by atoms with van der Waals surface area (Å²) in [5, 5.41) is 3.20. The van der Waals surface area contributed by atoms with Crippen molar-refractivity contribution in [1.82, 2.24) is 9.97 Å². The van der Waals surface area contributed by atoms with E-state index in [4.69, 9.17) is 19.2 Å². The van der Waals surface area contributed by atoms with E-state index in [1.807, 2.05) is 42.5 Å². The number of nitrogens with zero attached hydrogens (tertiary/aromatic N) is 3. The van der Waals surface area contributed by atoms with Crippen LogP contribution in [0.1, 0.15) is 23.3 Å². The average molecular weight is 482 g/mol. The summed E-state index contributed by atoms with van der Waals surface area (Å²) in [4.78, 5) is 24.7. The van der Waals surface area contributed by atoms with Crippen LogP contribution in [0.25, 0.3) is 20.8 Å². The van der Waals surface area contributed by atoms with Crippen LogP contribution >= 0.6 is 22.7 Å². The lowest BCUT2D eigenvalue weighted by Gasteiger charge is -2.22. The van der Waals surface area contributed by atoms with Crippen LogP contribution in [-0.2, 0) is 4.74 Å². The van der Waals surface area contributed by atoms with Crippen molar-refractivity contribution in [2.75, 3.05) is 32.3 Å². The Morgan fingerprint density at radius 1 is 1.15 bits per heavy atom. The molecular formula is C24H23N3O4S2. The Labute approximate surface area is 199 Å². The number of methoxy groups -OCH3 is 2. The zero-order valence-corrected chi connectivity index (χ0v) is 19.9. The zero-order chi connectivity index (χ0) is 22.8. The van der Waals surface area contributed by atoms with Gasteiger partial charge >= 0.3 is 0 Å². The van der Waals surface area contributed by atoms with Crippen LogP contribution in [0.2, 0.25) is 0 Å². The Bertz CT molecular complexity index is 1250. The molecule has 0 spiro atoms. The van der Waals surface area contributed by atoms with Gasteiger partial charge in [-0.05, 0) is 43.2 Å². The minimum Gasteiger partial charge on any atom is -0.493 e. The summed E-state index contributed by atoms with van der Waals surface area (Å²) in [5.41, 5.74) is 2.14. The molecule has 4 aromatic rings. The van der Waals surface area contributed by atoms with Crippen LogP contribution < -0.4 is 14.4 Å². The standard InChI is InChI=1S/C24H23N3O4S2/c1-29-19-10-9-15(12-20(19)30-2)22-25-18(14-32-22)23(28)27(13-16-6-5-11-31-16)24-26-17-7-3-4-8-21(17)33-24/h3-4,7-10,12,14,16H,5-6,11,13H2,1-2H3. The van der Waals surface area contributed by atoms with Gasteiger partial charge in [0.05, 0.1) is 37.1 Å². The van der Waals surface area contributed by atoms with Crippen LogP contribution in [0.5, 0.6) is 11.5 Å². The van der Waals surface area contributed by atoms with Crippen molar-refractivity contribution in [3.05, 3.63) is 53.5 Å². The number of ether oxygens (including phenoxy) is 3. The quantitative estimate of drug-likeness (QED) is 0.358. The summed E-state index contributed by atoms with van der Waals surface area (Å²) >= 11 is 2.93. The van der Waals surface area contributed by atoms with Crippen molar-refractivity contribution < 1.29 is 19.0 Å². The molecule has 0 bridgehead atoms. The number of amides is 1. The van der Waals surface area contributed by atoms with Gasteiger partial charge in [0.1, 0.15) is 10.7 Å². The average Bonchev–Trinajstić information content (AvgIpc) is 3.62. The molecule has 0 aliphatic carbocycles. The first-order valence-corrected chi connectivity index (χ1v) is 12.3. The fourth-order valence-corrected chi connectivity index (χ4v) is 5.59. The summed E-state index contributed by atoms with van der Waals surface area (Å²) in [6.45, 7) is 1.19. The third-order valence-corrected chi connectivity index (χ3v) is 7.47. The number of hydrogen-bond acceptors (Lipinski definition) is 8. The minimum absolute atomic E-state index is 0.00455. The molecule has 1 saturated heterocycles. The molecule has 170 valence electrons. The molecule has 7 nitrogen and oxygen atoms in total. The van der Waals surface area contributed by atoms with E-state index in [0.29, 0.717) is 28.9 Å². The maximum Gasteiger partial charge on any atom is 0.279 e. The van der Waals surface area contributed by atoms with E-state index in [9.17, 15) is 4.79 Å². The Kier molecular flexibility index (Phi) is 6.26. The van der Waals surface area contributed by atoms with Crippen molar-refractivity contribution in [1.29, 1.82) is 0 Å². The molecule has 0 N–H and O–H groups in total. The second kappa shape index (κ2) is 9.46. The first-order chi connectivity index (χ1) is 16.2. The Hall–Kier alpha value is -3.01. The van der Waals surface area contributed by atoms with Crippen molar-refractivity contribution in [3.8, 4) is 22.1 Å². The number of thiazole rings is 2. The Morgan fingerprint density at radius 3 is 2.76 bits per heavy atom. The molecular weight excluding hydrogens is 458 g/mol. The second-order valence-electron chi connectivity index (χ2n) is 7.62. The predicted octanol–water partition coefficient (Wildman–Crippen LogP) is 5.26. The van der Waals surface area contributed by atoms with Crippen LogP contribution in [0, 0.1) is 0 Å². The van der Waals surface area contributed by atoms with Crippen molar-refractivity contribution in [2.45, 2.75) is 18.9 Å². The van der Waals surface area contributed by atoms with Gasteiger partial charge in [-0.3, -0.25) is 9.69 Å². The third-order valence-electron chi connectivity index (χ3n) is 5.52. The van der Waals surface area contributed by atoms with E-state index >= 15 is 0 Å². The highest BCUT2D eigenvalue weighted by molar-refractivity contribution is 7.22.